The quantitative estimate of drug-likeness (QED) is 0.780. The average Bonchev–Trinajstić information content (AvgIpc) is 2.39. The first-order chi connectivity index (χ1) is 9.22. The molecule has 120 valence electrons. The van der Waals surface area contributed by atoms with Gasteiger partial charge in [0.2, 0.25) is 0 Å². The first kappa shape index (κ1) is 17.9. The van der Waals surface area contributed by atoms with E-state index < -0.39 is 9.84 Å². The lowest BCUT2D eigenvalue weighted by atomic mass is 9.91. The Kier molecular flexibility index (Phi) is 6.48. The van der Waals surface area contributed by atoms with Crippen molar-refractivity contribution < 1.29 is 8.42 Å². The first-order valence-corrected chi connectivity index (χ1v) is 9.73. The van der Waals surface area contributed by atoms with E-state index in [9.17, 15) is 8.42 Å². The van der Waals surface area contributed by atoms with Crippen LogP contribution in [0.15, 0.2) is 0 Å². The molecule has 2 atom stereocenters. The van der Waals surface area contributed by atoms with Crippen LogP contribution in [-0.4, -0.2) is 56.0 Å². The lowest BCUT2D eigenvalue weighted by Crippen LogP contribution is -2.63. The van der Waals surface area contributed by atoms with Gasteiger partial charge in [-0.1, -0.05) is 27.2 Å². The van der Waals surface area contributed by atoms with E-state index in [0.29, 0.717) is 17.7 Å². The smallest absolute Gasteiger partial charge is 0.150 e. The van der Waals surface area contributed by atoms with Crippen molar-refractivity contribution in [2.45, 2.75) is 59.0 Å². The number of rotatable bonds is 7. The summed E-state index contributed by atoms with van der Waals surface area (Å²) < 4.78 is 23.2. The number of nitrogens with one attached hydrogen (secondary N) is 1. The Balaban J connectivity index is 2.55. The topological polar surface area (TPSA) is 49.4 Å². The predicted octanol–water partition coefficient (Wildman–Crippen LogP) is 1.91. The average molecular weight is 305 g/mol. The lowest BCUT2D eigenvalue weighted by Gasteiger charge is -2.47. The minimum atomic E-state index is -2.83. The molecule has 0 aromatic rings. The number of hydrogen-bond acceptors (Lipinski definition) is 4. The molecule has 4 nitrogen and oxygen atoms in total. The fourth-order valence-electron chi connectivity index (χ4n) is 2.72. The Morgan fingerprint density at radius 1 is 1.35 bits per heavy atom. The second-order valence-corrected chi connectivity index (χ2v) is 9.19. The summed E-state index contributed by atoms with van der Waals surface area (Å²) in [5, 5.41) is 3.65. The van der Waals surface area contributed by atoms with Crippen LogP contribution in [-0.2, 0) is 9.84 Å². The molecule has 1 aliphatic heterocycles. The highest BCUT2D eigenvalue weighted by atomic mass is 32.2. The molecule has 0 spiro atoms. The van der Waals surface area contributed by atoms with Crippen molar-refractivity contribution >= 4 is 9.84 Å². The van der Waals surface area contributed by atoms with Gasteiger partial charge in [0.05, 0.1) is 5.75 Å². The lowest BCUT2D eigenvalue weighted by molar-refractivity contribution is 0.0523. The van der Waals surface area contributed by atoms with Crippen LogP contribution >= 0.6 is 0 Å². The molecule has 0 aliphatic carbocycles. The maximum Gasteiger partial charge on any atom is 0.150 e. The van der Waals surface area contributed by atoms with Crippen molar-refractivity contribution in [2.75, 3.05) is 31.1 Å². The zero-order valence-corrected chi connectivity index (χ0v) is 14.6. The molecule has 0 aromatic heterocycles. The maximum atomic E-state index is 11.6. The van der Waals surface area contributed by atoms with E-state index in [2.05, 4.69) is 37.9 Å². The van der Waals surface area contributed by atoms with Crippen LogP contribution < -0.4 is 5.32 Å². The van der Waals surface area contributed by atoms with Gasteiger partial charge in [-0.15, -0.1) is 0 Å². The number of hydrogen-bond donors (Lipinski definition) is 1. The van der Waals surface area contributed by atoms with Crippen molar-refractivity contribution in [3.05, 3.63) is 0 Å². The number of sulfone groups is 1. The van der Waals surface area contributed by atoms with Crippen LogP contribution in [0.4, 0.5) is 0 Å². The third kappa shape index (κ3) is 5.01. The van der Waals surface area contributed by atoms with Gasteiger partial charge in [-0.2, -0.15) is 0 Å². The van der Waals surface area contributed by atoms with Crippen molar-refractivity contribution in [3.8, 4) is 0 Å². The van der Waals surface area contributed by atoms with Crippen molar-refractivity contribution in [1.29, 1.82) is 0 Å². The van der Waals surface area contributed by atoms with Gasteiger partial charge in [-0.05, 0) is 32.7 Å². The minimum Gasteiger partial charge on any atom is -0.311 e. The van der Waals surface area contributed by atoms with E-state index in [-0.39, 0.29) is 11.3 Å². The predicted molar refractivity (Wildman–Crippen MR) is 85.8 cm³/mol. The fraction of sp³-hybridized carbons (Fsp3) is 1.00. The largest absolute Gasteiger partial charge is 0.311 e. The van der Waals surface area contributed by atoms with E-state index in [0.717, 1.165) is 26.1 Å². The Morgan fingerprint density at radius 3 is 2.55 bits per heavy atom. The van der Waals surface area contributed by atoms with Crippen LogP contribution in [0.2, 0.25) is 0 Å². The summed E-state index contributed by atoms with van der Waals surface area (Å²) in [4.78, 5) is 2.46. The standard InChI is InChI=1S/C15H32N2O2S/c1-6-13(3)14-11-17(15(4,5)12-16-14)9-8-10-20(18,19)7-2/h13-14,16H,6-12H2,1-5H3. The van der Waals surface area contributed by atoms with Gasteiger partial charge in [0.1, 0.15) is 9.84 Å². The molecule has 2 unspecified atom stereocenters. The molecule has 1 heterocycles. The minimum absolute atomic E-state index is 0.111. The van der Waals surface area contributed by atoms with E-state index in [1.165, 1.54) is 6.42 Å². The van der Waals surface area contributed by atoms with Crippen LogP contribution in [0, 0.1) is 5.92 Å². The fourth-order valence-corrected chi connectivity index (χ4v) is 3.58. The SMILES string of the molecule is CCC(C)C1CN(CCCS(=O)(=O)CC)C(C)(C)CN1. The van der Waals surface area contributed by atoms with Crippen molar-refractivity contribution in [3.63, 3.8) is 0 Å². The van der Waals surface area contributed by atoms with Crippen LogP contribution in [0.1, 0.15) is 47.5 Å². The second-order valence-electron chi connectivity index (χ2n) is 6.72. The maximum absolute atomic E-state index is 11.6. The summed E-state index contributed by atoms with van der Waals surface area (Å²) in [5.41, 5.74) is 0.111. The molecule has 5 heteroatoms. The van der Waals surface area contributed by atoms with E-state index >= 15 is 0 Å². The molecule has 0 aromatic carbocycles. The molecular formula is C15H32N2O2S. The number of nitrogens with zero attached hydrogens (tertiary/aromatic N) is 1. The van der Waals surface area contributed by atoms with E-state index in [4.69, 9.17) is 0 Å². The highest BCUT2D eigenvalue weighted by molar-refractivity contribution is 7.91. The van der Waals surface area contributed by atoms with Crippen LogP contribution in [0.25, 0.3) is 0 Å². The Hall–Kier alpha value is -0.130. The molecule has 0 radical (unpaired) electrons. The third-order valence-electron chi connectivity index (χ3n) is 4.72. The van der Waals surface area contributed by atoms with E-state index in [1.54, 1.807) is 6.92 Å². The molecular weight excluding hydrogens is 272 g/mol. The second kappa shape index (κ2) is 7.23. The van der Waals surface area contributed by atoms with Gasteiger partial charge in [0.25, 0.3) is 0 Å². The molecule has 0 saturated carbocycles. The van der Waals surface area contributed by atoms with Gasteiger partial charge in [-0.25, -0.2) is 8.42 Å². The van der Waals surface area contributed by atoms with Gasteiger partial charge < -0.3 is 5.32 Å². The van der Waals surface area contributed by atoms with Crippen molar-refractivity contribution in [2.24, 2.45) is 5.92 Å². The summed E-state index contributed by atoms with van der Waals surface area (Å²) in [7, 11) is -2.83. The van der Waals surface area contributed by atoms with Crippen LogP contribution in [0.5, 0.6) is 0 Å². The summed E-state index contributed by atoms with van der Waals surface area (Å²) in [6.45, 7) is 13.6. The van der Waals surface area contributed by atoms with Gasteiger partial charge >= 0.3 is 0 Å². The molecule has 0 bridgehead atoms. The van der Waals surface area contributed by atoms with Gasteiger partial charge in [0.15, 0.2) is 0 Å². The zero-order valence-electron chi connectivity index (χ0n) is 13.8. The molecule has 1 aliphatic rings. The number of piperazine rings is 1. The Morgan fingerprint density at radius 2 is 2.00 bits per heavy atom. The molecule has 1 N–H and O–H groups in total. The molecule has 1 rings (SSSR count). The summed E-state index contributed by atoms with van der Waals surface area (Å²) >= 11 is 0. The summed E-state index contributed by atoms with van der Waals surface area (Å²) in [5.74, 6) is 1.23. The van der Waals surface area contributed by atoms with Crippen LogP contribution in [0.3, 0.4) is 0 Å². The van der Waals surface area contributed by atoms with E-state index in [1.807, 2.05) is 0 Å². The first-order valence-electron chi connectivity index (χ1n) is 7.90. The highest BCUT2D eigenvalue weighted by Gasteiger charge is 2.35. The Bertz CT molecular complexity index is 393. The zero-order chi connectivity index (χ0) is 15.4. The monoisotopic (exact) mass is 304 g/mol. The van der Waals surface area contributed by atoms with Crippen molar-refractivity contribution in [1.82, 2.24) is 10.2 Å². The van der Waals surface area contributed by atoms with Gasteiger partial charge in [0, 0.05) is 30.4 Å². The molecule has 20 heavy (non-hydrogen) atoms. The third-order valence-corrected chi connectivity index (χ3v) is 6.51. The Labute approximate surface area is 125 Å². The normalized spacial score (nSPS) is 25.6. The summed E-state index contributed by atoms with van der Waals surface area (Å²) in [6, 6.07) is 0.524. The molecule has 1 saturated heterocycles. The molecule has 0 amide bonds. The van der Waals surface area contributed by atoms with Gasteiger partial charge in [-0.3, -0.25) is 4.90 Å². The highest BCUT2D eigenvalue weighted by Crippen LogP contribution is 2.22. The molecule has 1 fully saturated rings. The summed E-state index contributed by atoms with van der Waals surface area (Å²) in [6.07, 6.45) is 1.92.